The predicted octanol–water partition coefficient (Wildman–Crippen LogP) is 1.44. The topological polar surface area (TPSA) is 78.6 Å². The Morgan fingerprint density at radius 1 is 1.65 bits per heavy atom. The van der Waals surface area contributed by atoms with Crippen molar-refractivity contribution in [3.8, 4) is 0 Å². The molecule has 0 saturated carbocycles. The van der Waals surface area contributed by atoms with E-state index >= 15 is 0 Å². The second-order valence-corrected chi connectivity index (χ2v) is 5.89. The monoisotopic (exact) mass is 281 g/mol. The molecule has 1 aliphatic rings. The van der Waals surface area contributed by atoms with E-state index in [1.54, 1.807) is 6.07 Å². The van der Waals surface area contributed by atoms with Crippen molar-refractivity contribution in [1.82, 2.24) is 10.1 Å². The molecule has 2 N–H and O–H groups in total. The minimum Gasteiger partial charge on any atom is -0.392 e. The number of carbonyl (C=O) groups is 1. The quantitative estimate of drug-likeness (QED) is 0.873. The number of aliphatic hydroxyl groups excluding tert-OH is 1. The number of carbonyl (C=O) groups excluding carboxylic acids is 1. The van der Waals surface area contributed by atoms with Gasteiger partial charge >= 0.3 is 0 Å². The van der Waals surface area contributed by atoms with E-state index in [1.807, 2.05) is 25.7 Å². The van der Waals surface area contributed by atoms with Gasteiger partial charge < -0.3 is 9.63 Å². The van der Waals surface area contributed by atoms with Crippen molar-refractivity contribution >= 4 is 11.8 Å². The normalized spacial score (nSPS) is 24.1. The van der Waals surface area contributed by atoms with Crippen LogP contribution in [0.25, 0.3) is 0 Å². The minimum atomic E-state index is -0.352. The molecule has 6 heteroatoms. The summed E-state index contributed by atoms with van der Waals surface area (Å²) in [6, 6.07) is 1.75. The predicted molar refractivity (Wildman–Crippen MR) is 75.4 cm³/mol. The van der Waals surface area contributed by atoms with Crippen molar-refractivity contribution in [2.45, 2.75) is 39.2 Å². The van der Waals surface area contributed by atoms with E-state index in [2.05, 4.69) is 10.5 Å². The molecule has 0 aliphatic carbocycles. The van der Waals surface area contributed by atoms with Crippen LogP contribution in [0.5, 0.6) is 0 Å². The molecular formula is C14H23N3O3. The Balaban J connectivity index is 1.83. The van der Waals surface area contributed by atoms with Gasteiger partial charge in [-0.1, -0.05) is 25.9 Å². The summed E-state index contributed by atoms with van der Waals surface area (Å²) in [5.74, 6) is 0.808. The van der Waals surface area contributed by atoms with Crippen molar-refractivity contribution in [2.75, 3.05) is 25.0 Å². The molecule has 0 radical (unpaired) electrons. The number of hydrogen-bond acceptors (Lipinski definition) is 5. The van der Waals surface area contributed by atoms with E-state index in [0.717, 1.165) is 18.7 Å². The molecule has 2 atom stereocenters. The number of nitrogens with one attached hydrogen (secondary N) is 1. The lowest BCUT2D eigenvalue weighted by Crippen LogP contribution is -2.45. The number of aliphatic hydroxyl groups is 1. The molecule has 1 saturated heterocycles. The fourth-order valence-corrected chi connectivity index (χ4v) is 2.26. The highest BCUT2D eigenvalue weighted by Gasteiger charge is 2.25. The van der Waals surface area contributed by atoms with Crippen LogP contribution >= 0.6 is 0 Å². The number of nitrogens with zero attached hydrogens (tertiary/aromatic N) is 2. The zero-order valence-electron chi connectivity index (χ0n) is 12.3. The highest BCUT2D eigenvalue weighted by atomic mass is 16.5. The van der Waals surface area contributed by atoms with Gasteiger partial charge in [0.25, 0.3) is 0 Å². The fraction of sp³-hybridized carbons (Fsp3) is 0.714. The van der Waals surface area contributed by atoms with Crippen molar-refractivity contribution in [2.24, 2.45) is 5.92 Å². The fourth-order valence-electron chi connectivity index (χ4n) is 2.26. The van der Waals surface area contributed by atoms with Gasteiger partial charge in [-0.15, -0.1) is 0 Å². The zero-order chi connectivity index (χ0) is 14.7. The van der Waals surface area contributed by atoms with Crippen molar-refractivity contribution in [3.05, 3.63) is 11.8 Å². The molecule has 1 amide bonds. The molecule has 0 aromatic carbocycles. The van der Waals surface area contributed by atoms with E-state index in [1.165, 1.54) is 0 Å². The van der Waals surface area contributed by atoms with Gasteiger partial charge in [0, 0.05) is 12.6 Å². The molecule has 1 aromatic rings. The van der Waals surface area contributed by atoms with Crippen LogP contribution in [0.1, 0.15) is 38.8 Å². The van der Waals surface area contributed by atoms with Crippen LogP contribution in [0, 0.1) is 5.92 Å². The molecule has 1 aromatic heterocycles. The van der Waals surface area contributed by atoms with Crippen molar-refractivity contribution in [3.63, 3.8) is 0 Å². The average Bonchev–Trinajstić information content (AvgIpc) is 2.82. The molecule has 1 fully saturated rings. The van der Waals surface area contributed by atoms with Crippen LogP contribution in [-0.4, -0.2) is 46.8 Å². The molecule has 1 aliphatic heterocycles. The second kappa shape index (κ2) is 6.37. The number of anilines is 1. The standard InChI is InChI=1S/C14H23N3O3/c1-9(2)11-6-14(20-16-11)15-13(19)8-17-5-4-10(3)12(18)7-17/h6,9-10,12,18H,4-5,7-8H2,1-3H3,(H,15,19). The molecule has 0 bridgehead atoms. The zero-order valence-corrected chi connectivity index (χ0v) is 12.3. The maximum atomic E-state index is 11.9. The number of aromatic nitrogens is 1. The van der Waals surface area contributed by atoms with Crippen LogP contribution in [0.3, 0.4) is 0 Å². The Labute approximate surface area is 119 Å². The van der Waals surface area contributed by atoms with Crippen LogP contribution in [0.2, 0.25) is 0 Å². The smallest absolute Gasteiger partial charge is 0.240 e. The van der Waals surface area contributed by atoms with Gasteiger partial charge in [0.05, 0.1) is 18.3 Å². The lowest BCUT2D eigenvalue weighted by molar-refractivity contribution is -0.118. The van der Waals surface area contributed by atoms with Crippen LogP contribution < -0.4 is 5.32 Å². The molecule has 20 heavy (non-hydrogen) atoms. The lowest BCUT2D eigenvalue weighted by Gasteiger charge is -2.33. The minimum absolute atomic E-state index is 0.141. The maximum absolute atomic E-state index is 11.9. The van der Waals surface area contributed by atoms with E-state index in [4.69, 9.17) is 4.52 Å². The van der Waals surface area contributed by atoms with Crippen LogP contribution in [-0.2, 0) is 4.79 Å². The Bertz CT molecular complexity index is 458. The summed E-state index contributed by atoms with van der Waals surface area (Å²) in [7, 11) is 0. The van der Waals surface area contributed by atoms with Gasteiger partial charge in [-0.3, -0.25) is 15.0 Å². The Morgan fingerprint density at radius 3 is 3.00 bits per heavy atom. The van der Waals surface area contributed by atoms with Crippen molar-refractivity contribution in [1.29, 1.82) is 0 Å². The first kappa shape index (κ1) is 15.0. The first-order valence-electron chi connectivity index (χ1n) is 7.12. The first-order valence-corrected chi connectivity index (χ1v) is 7.12. The highest BCUT2D eigenvalue weighted by Crippen LogP contribution is 2.18. The molecule has 2 unspecified atom stereocenters. The highest BCUT2D eigenvalue weighted by molar-refractivity contribution is 5.90. The second-order valence-electron chi connectivity index (χ2n) is 5.89. The van der Waals surface area contributed by atoms with Crippen molar-refractivity contribution < 1.29 is 14.4 Å². The van der Waals surface area contributed by atoms with E-state index in [9.17, 15) is 9.90 Å². The maximum Gasteiger partial charge on any atom is 0.240 e. The SMILES string of the molecule is CC(C)c1cc(NC(=O)CN2CCC(C)C(O)C2)on1. The third-order valence-corrected chi connectivity index (χ3v) is 3.75. The molecule has 2 rings (SSSR count). The number of hydrogen-bond donors (Lipinski definition) is 2. The van der Waals surface area contributed by atoms with Gasteiger partial charge in [0.1, 0.15) is 0 Å². The molecule has 2 heterocycles. The number of piperidine rings is 1. The largest absolute Gasteiger partial charge is 0.392 e. The summed E-state index contributed by atoms with van der Waals surface area (Å²) in [4.78, 5) is 13.9. The van der Waals surface area contributed by atoms with Gasteiger partial charge in [0.2, 0.25) is 11.8 Å². The Kier molecular flexibility index (Phi) is 4.77. The van der Waals surface area contributed by atoms with Crippen LogP contribution in [0.4, 0.5) is 5.88 Å². The van der Waals surface area contributed by atoms with E-state index < -0.39 is 0 Å². The van der Waals surface area contributed by atoms with Crippen LogP contribution in [0.15, 0.2) is 10.6 Å². The lowest BCUT2D eigenvalue weighted by atomic mass is 9.96. The summed E-state index contributed by atoms with van der Waals surface area (Å²) in [6.45, 7) is 7.70. The Morgan fingerprint density at radius 2 is 2.40 bits per heavy atom. The summed E-state index contributed by atoms with van der Waals surface area (Å²) in [6.07, 6.45) is 0.559. The summed E-state index contributed by atoms with van der Waals surface area (Å²) in [5.41, 5.74) is 0.822. The Hall–Kier alpha value is -1.40. The van der Waals surface area contributed by atoms with E-state index in [0.29, 0.717) is 18.3 Å². The van der Waals surface area contributed by atoms with E-state index in [-0.39, 0.29) is 24.5 Å². The molecule has 112 valence electrons. The number of likely N-dealkylation sites (tertiary alicyclic amines) is 1. The molecule has 6 nitrogen and oxygen atoms in total. The third kappa shape index (κ3) is 3.80. The number of rotatable bonds is 4. The molecular weight excluding hydrogens is 258 g/mol. The molecule has 0 spiro atoms. The van der Waals surface area contributed by atoms with Gasteiger partial charge in [-0.05, 0) is 24.8 Å². The summed E-state index contributed by atoms with van der Waals surface area (Å²) < 4.78 is 5.07. The summed E-state index contributed by atoms with van der Waals surface area (Å²) in [5, 5.41) is 16.4. The summed E-state index contributed by atoms with van der Waals surface area (Å²) >= 11 is 0. The average molecular weight is 281 g/mol. The van der Waals surface area contributed by atoms with Gasteiger partial charge in [-0.25, -0.2) is 0 Å². The number of β-amino-alcohol motifs (C(OH)–C–C–N with tert-alkyl or cyclic N) is 1. The van der Waals surface area contributed by atoms with Gasteiger partial charge in [-0.2, -0.15) is 0 Å². The third-order valence-electron chi connectivity index (χ3n) is 3.75. The number of amides is 1. The first-order chi connectivity index (χ1) is 9.45. The van der Waals surface area contributed by atoms with Gasteiger partial charge in [0.15, 0.2) is 0 Å².